The number of rotatable bonds is 5. The van der Waals surface area contributed by atoms with Crippen molar-refractivity contribution in [1.29, 1.82) is 0 Å². The number of hydrogen-bond donors (Lipinski definition) is 0. The Bertz CT molecular complexity index is 595. The maximum Gasteiger partial charge on any atom is 0.328 e. The number of likely N-dealkylation sites (tertiary alicyclic amines) is 1. The smallest absolute Gasteiger partial charge is 0.328 e. The summed E-state index contributed by atoms with van der Waals surface area (Å²) in [6.45, 7) is 0.0676. The molecule has 0 spiro atoms. The van der Waals surface area contributed by atoms with Crippen LogP contribution in [-0.2, 0) is 19.1 Å². The highest BCUT2D eigenvalue weighted by Crippen LogP contribution is 2.28. The van der Waals surface area contributed by atoms with Gasteiger partial charge in [-0.1, -0.05) is 23.2 Å². The van der Waals surface area contributed by atoms with Crippen LogP contribution in [0.5, 0.6) is 5.75 Å². The average Bonchev–Trinajstić information content (AvgIpc) is 2.97. The van der Waals surface area contributed by atoms with Gasteiger partial charge in [0, 0.05) is 25.1 Å². The predicted molar refractivity (Wildman–Crippen MR) is 84.9 cm³/mol. The summed E-state index contributed by atoms with van der Waals surface area (Å²) in [4.78, 5) is 25.6. The van der Waals surface area contributed by atoms with E-state index in [-0.39, 0.29) is 18.6 Å². The fourth-order valence-electron chi connectivity index (χ4n) is 2.42. The van der Waals surface area contributed by atoms with Gasteiger partial charge in [0.15, 0.2) is 6.61 Å². The monoisotopic (exact) mass is 361 g/mol. The van der Waals surface area contributed by atoms with E-state index in [0.29, 0.717) is 28.8 Å². The van der Waals surface area contributed by atoms with Gasteiger partial charge in [0.05, 0.1) is 18.2 Å². The standard InChI is InChI=1S/C15H17Cl2NO5/c1-21-10-6-12(15(20)22-2)18(7-10)14(19)8-23-13-4-3-9(16)5-11(13)17/h3-5,10,12H,6-8H2,1-2H3/t10-,12+/m0/s1. The van der Waals surface area contributed by atoms with Gasteiger partial charge in [0.2, 0.25) is 0 Å². The fourth-order valence-corrected chi connectivity index (χ4v) is 2.88. The van der Waals surface area contributed by atoms with Gasteiger partial charge in [-0.25, -0.2) is 4.79 Å². The zero-order valence-electron chi connectivity index (χ0n) is 12.8. The zero-order valence-corrected chi connectivity index (χ0v) is 14.3. The average molecular weight is 362 g/mol. The van der Waals surface area contributed by atoms with Gasteiger partial charge in [-0.3, -0.25) is 4.79 Å². The topological polar surface area (TPSA) is 65.1 Å². The van der Waals surface area contributed by atoms with Crippen LogP contribution in [-0.4, -0.2) is 56.3 Å². The predicted octanol–water partition coefficient (Wildman–Crippen LogP) is 2.16. The van der Waals surface area contributed by atoms with Crippen LogP contribution in [0.3, 0.4) is 0 Å². The largest absolute Gasteiger partial charge is 0.482 e. The number of carbonyl (C=O) groups excluding carboxylic acids is 2. The molecule has 0 N–H and O–H groups in total. The van der Waals surface area contributed by atoms with Crippen LogP contribution in [0.4, 0.5) is 0 Å². The van der Waals surface area contributed by atoms with Crippen molar-refractivity contribution in [1.82, 2.24) is 4.90 Å². The van der Waals surface area contributed by atoms with Crippen LogP contribution < -0.4 is 4.74 Å². The molecule has 1 aliphatic heterocycles. The molecule has 6 nitrogen and oxygen atoms in total. The molecule has 126 valence electrons. The molecule has 1 aliphatic rings. The van der Waals surface area contributed by atoms with Crippen molar-refractivity contribution in [3.63, 3.8) is 0 Å². The van der Waals surface area contributed by atoms with Crippen molar-refractivity contribution in [2.45, 2.75) is 18.6 Å². The number of amides is 1. The van der Waals surface area contributed by atoms with E-state index in [2.05, 4.69) is 0 Å². The van der Waals surface area contributed by atoms with Crippen molar-refractivity contribution >= 4 is 35.1 Å². The van der Waals surface area contributed by atoms with Crippen LogP contribution in [0.1, 0.15) is 6.42 Å². The Morgan fingerprint density at radius 3 is 2.65 bits per heavy atom. The second-order valence-electron chi connectivity index (χ2n) is 5.04. The summed E-state index contributed by atoms with van der Waals surface area (Å²) in [6.07, 6.45) is 0.193. The summed E-state index contributed by atoms with van der Waals surface area (Å²) in [6, 6.07) is 4.05. The molecule has 0 unspecified atom stereocenters. The third-order valence-electron chi connectivity index (χ3n) is 3.63. The van der Waals surface area contributed by atoms with Gasteiger partial charge in [0.25, 0.3) is 5.91 Å². The van der Waals surface area contributed by atoms with Gasteiger partial charge in [-0.2, -0.15) is 0 Å². The van der Waals surface area contributed by atoms with Gasteiger partial charge >= 0.3 is 5.97 Å². The Hall–Kier alpha value is -1.50. The Kier molecular flexibility index (Phi) is 6.10. The van der Waals surface area contributed by atoms with E-state index in [1.54, 1.807) is 12.1 Å². The molecular weight excluding hydrogens is 345 g/mol. The molecule has 2 atom stereocenters. The lowest BCUT2D eigenvalue weighted by Crippen LogP contribution is -2.43. The molecule has 1 heterocycles. The SMILES string of the molecule is COC(=O)[C@H]1C[C@H](OC)CN1C(=O)COc1ccc(Cl)cc1Cl. The van der Waals surface area contributed by atoms with E-state index in [4.69, 9.17) is 37.4 Å². The minimum Gasteiger partial charge on any atom is -0.482 e. The van der Waals surface area contributed by atoms with Crippen LogP contribution in [0.25, 0.3) is 0 Å². The van der Waals surface area contributed by atoms with E-state index < -0.39 is 12.0 Å². The summed E-state index contributed by atoms with van der Waals surface area (Å²) in [7, 11) is 2.83. The minimum absolute atomic E-state index is 0.206. The van der Waals surface area contributed by atoms with E-state index in [0.717, 1.165) is 0 Å². The Labute approximate surface area is 144 Å². The molecule has 1 aromatic rings. The molecule has 0 bridgehead atoms. The van der Waals surface area contributed by atoms with Crippen LogP contribution in [0.2, 0.25) is 10.0 Å². The number of ether oxygens (including phenoxy) is 3. The first-order valence-electron chi connectivity index (χ1n) is 6.94. The third-order valence-corrected chi connectivity index (χ3v) is 4.17. The van der Waals surface area contributed by atoms with Crippen molar-refractivity contribution in [3.05, 3.63) is 28.2 Å². The molecule has 1 fully saturated rings. The molecule has 0 aliphatic carbocycles. The van der Waals surface area contributed by atoms with Crippen LogP contribution >= 0.6 is 23.2 Å². The summed E-state index contributed by atoms with van der Waals surface area (Å²) in [5.74, 6) is -0.463. The van der Waals surface area contributed by atoms with Gasteiger partial charge in [0.1, 0.15) is 11.8 Å². The normalized spacial score (nSPS) is 20.4. The molecule has 2 rings (SSSR count). The highest BCUT2D eigenvalue weighted by atomic mass is 35.5. The minimum atomic E-state index is -0.665. The number of esters is 1. The fraction of sp³-hybridized carbons (Fsp3) is 0.467. The lowest BCUT2D eigenvalue weighted by atomic mass is 10.2. The first-order chi connectivity index (χ1) is 11.0. The van der Waals surface area contributed by atoms with Gasteiger partial charge < -0.3 is 19.1 Å². The number of hydrogen-bond acceptors (Lipinski definition) is 5. The van der Waals surface area contributed by atoms with Crippen molar-refractivity contribution < 1.29 is 23.8 Å². The Morgan fingerprint density at radius 2 is 2.04 bits per heavy atom. The maximum atomic E-state index is 12.4. The number of methoxy groups -OCH3 is 2. The molecule has 0 aromatic heterocycles. The lowest BCUT2D eigenvalue weighted by molar-refractivity contribution is -0.151. The van der Waals surface area contributed by atoms with Gasteiger partial charge in [-0.05, 0) is 18.2 Å². The van der Waals surface area contributed by atoms with Crippen molar-refractivity contribution in [3.8, 4) is 5.75 Å². The number of carbonyl (C=O) groups is 2. The maximum absolute atomic E-state index is 12.4. The third kappa shape index (κ3) is 4.28. The summed E-state index contributed by atoms with van der Waals surface area (Å²) >= 11 is 11.8. The molecule has 0 saturated carbocycles. The van der Waals surface area contributed by atoms with Crippen molar-refractivity contribution in [2.75, 3.05) is 27.4 Å². The van der Waals surface area contributed by atoms with E-state index in [1.165, 1.54) is 25.2 Å². The van der Waals surface area contributed by atoms with Crippen molar-refractivity contribution in [2.24, 2.45) is 0 Å². The quantitative estimate of drug-likeness (QED) is 0.751. The molecule has 23 heavy (non-hydrogen) atoms. The number of halogens is 2. The number of benzene rings is 1. The summed E-state index contributed by atoms with van der Waals surface area (Å²) in [5, 5.41) is 0.785. The molecule has 1 saturated heterocycles. The highest BCUT2D eigenvalue weighted by Gasteiger charge is 2.40. The molecule has 1 amide bonds. The first-order valence-corrected chi connectivity index (χ1v) is 7.69. The second-order valence-corrected chi connectivity index (χ2v) is 5.89. The lowest BCUT2D eigenvalue weighted by Gasteiger charge is -2.22. The molecular formula is C15H17Cl2NO5. The molecule has 0 radical (unpaired) electrons. The summed E-state index contributed by atoms with van der Waals surface area (Å²) < 4.78 is 15.4. The van der Waals surface area contributed by atoms with Crippen LogP contribution in [0, 0.1) is 0 Å². The van der Waals surface area contributed by atoms with Gasteiger partial charge in [-0.15, -0.1) is 0 Å². The van der Waals surface area contributed by atoms with Crippen LogP contribution in [0.15, 0.2) is 18.2 Å². The molecule has 1 aromatic carbocycles. The Morgan fingerprint density at radius 1 is 1.30 bits per heavy atom. The highest BCUT2D eigenvalue weighted by molar-refractivity contribution is 6.35. The first kappa shape index (κ1) is 17.8. The Balaban J connectivity index is 2.02. The summed E-state index contributed by atoms with van der Waals surface area (Å²) in [5.41, 5.74) is 0. The number of nitrogens with zero attached hydrogens (tertiary/aromatic N) is 1. The van der Waals surface area contributed by atoms with E-state index >= 15 is 0 Å². The molecule has 8 heteroatoms. The zero-order chi connectivity index (χ0) is 17.0. The van der Waals surface area contributed by atoms with E-state index in [1.807, 2.05) is 0 Å². The van der Waals surface area contributed by atoms with E-state index in [9.17, 15) is 9.59 Å². The second kappa shape index (κ2) is 7.86.